The summed E-state index contributed by atoms with van der Waals surface area (Å²) in [4.78, 5) is 0. The van der Waals surface area contributed by atoms with Gasteiger partial charge in [0, 0.05) is 22.5 Å². The maximum absolute atomic E-state index is 6.32. The van der Waals surface area contributed by atoms with Crippen LogP contribution < -0.4 is 10.5 Å². The molecule has 0 aliphatic carbocycles. The molecule has 2 aromatic rings. The molecule has 20 heavy (non-hydrogen) atoms. The van der Waals surface area contributed by atoms with Gasteiger partial charge in [-0.1, -0.05) is 45.8 Å². The van der Waals surface area contributed by atoms with Crippen LogP contribution in [0.4, 0.5) is 0 Å². The highest BCUT2D eigenvalue weighted by atomic mass is 79.9. The smallest absolute Gasteiger partial charge is 0.126 e. The molecule has 0 saturated heterocycles. The molecule has 2 nitrogen and oxygen atoms in total. The third-order valence-corrected chi connectivity index (χ3v) is 4.72. The predicted octanol–water partition coefficient (Wildman–Crippen LogP) is 4.59. The van der Waals surface area contributed by atoms with Crippen LogP contribution in [-0.4, -0.2) is 0 Å². The summed E-state index contributed by atoms with van der Waals surface area (Å²) in [5.41, 5.74) is 11.1. The number of aryl methyl sites for hydroxylation is 2. The Balaban J connectivity index is 1.94. The third-order valence-electron chi connectivity index (χ3n) is 3.87. The Hall–Kier alpha value is -1.32. The van der Waals surface area contributed by atoms with Gasteiger partial charge in [-0.05, 0) is 37.1 Å². The third kappa shape index (κ3) is 2.48. The number of halogens is 1. The summed E-state index contributed by atoms with van der Waals surface area (Å²) in [6, 6.07) is 12.6. The summed E-state index contributed by atoms with van der Waals surface area (Å²) < 4.78 is 7.25. The lowest BCUT2D eigenvalue weighted by molar-refractivity contribution is 0.161. The molecule has 0 radical (unpaired) electrons. The maximum Gasteiger partial charge on any atom is 0.126 e. The second-order valence-electron chi connectivity index (χ2n) is 5.50. The molecule has 0 spiro atoms. The van der Waals surface area contributed by atoms with Crippen molar-refractivity contribution < 1.29 is 4.74 Å². The molecule has 0 bridgehead atoms. The zero-order valence-corrected chi connectivity index (χ0v) is 13.3. The Labute approximate surface area is 128 Å². The van der Waals surface area contributed by atoms with E-state index in [1.54, 1.807) is 0 Å². The molecule has 3 heteroatoms. The van der Waals surface area contributed by atoms with Gasteiger partial charge < -0.3 is 10.5 Å². The average Bonchev–Trinajstić information content (AvgIpc) is 2.42. The van der Waals surface area contributed by atoms with Crippen molar-refractivity contribution in [3.8, 4) is 5.75 Å². The summed E-state index contributed by atoms with van der Waals surface area (Å²) in [5, 5.41) is 0. The fourth-order valence-corrected chi connectivity index (χ4v) is 3.03. The maximum atomic E-state index is 6.32. The van der Waals surface area contributed by atoms with Crippen LogP contribution in [0.1, 0.15) is 40.8 Å². The van der Waals surface area contributed by atoms with Crippen molar-refractivity contribution in [2.24, 2.45) is 5.73 Å². The van der Waals surface area contributed by atoms with Gasteiger partial charge in [-0.2, -0.15) is 0 Å². The summed E-state index contributed by atoms with van der Waals surface area (Å²) in [5.74, 6) is 0.913. The van der Waals surface area contributed by atoms with Gasteiger partial charge in [-0.25, -0.2) is 0 Å². The molecular weight excluding hydrogens is 314 g/mol. The normalized spacial score (nSPS) is 21.2. The molecule has 0 amide bonds. The average molecular weight is 332 g/mol. The molecular formula is C17H18BrNO. The first-order valence-electron chi connectivity index (χ1n) is 6.83. The highest BCUT2D eigenvalue weighted by Gasteiger charge is 2.27. The molecule has 0 aromatic heterocycles. The topological polar surface area (TPSA) is 35.2 Å². The minimum atomic E-state index is 0.0251. The molecule has 2 unspecified atom stereocenters. The standard InChI is InChI=1S/C17H18BrNO/c1-10-3-6-16-13(7-10)15(19)9-17(20-16)12-5-4-11(2)14(18)8-12/h3-8,15,17H,9,19H2,1-2H3. The molecule has 2 atom stereocenters. The molecule has 0 saturated carbocycles. The van der Waals surface area contributed by atoms with E-state index in [-0.39, 0.29) is 12.1 Å². The highest BCUT2D eigenvalue weighted by molar-refractivity contribution is 9.10. The lowest BCUT2D eigenvalue weighted by atomic mass is 9.92. The van der Waals surface area contributed by atoms with E-state index in [0.29, 0.717) is 0 Å². The van der Waals surface area contributed by atoms with E-state index >= 15 is 0 Å². The molecule has 3 rings (SSSR count). The van der Waals surface area contributed by atoms with E-state index in [1.165, 1.54) is 16.7 Å². The van der Waals surface area contributed by atoms with Gasteiger partial charge in [0.25, 0.3) is 0 Å². The van der Waals surface area contributed by atoms with Gasteiger partial charge in [-0.3, -0.25) is 0 Å². The molecule has 2 aromatic carbocycles. The fraction of sp³-hybridized carbons (Fsp3) is 0.294. The van der Waals surface area contributed by atoms with Crippen LogP contribution >= 0.6 is 15.9 Å². The van der Waals surface area contributed by atoms with Crippen LogP contribution in [0, 0.1) is 13.8 Å². The SMILES string of the molecule is Cc1ccc2c(c1)C(N)CC(c1ccc(C)c(Br)c1)O2. The summed E-state index contributed by atoms with van der Waals surface area (Å²) in [6.45, 7) is 4.16. The summed E-state index contributed by atoms with van der Waals surface area (Å²) in [6.07, 6.45) is 0.837. The Morgan fingerprint density at radius 1 is 1.15 bits per heavy atom. The van der Waals surface area contributed by atoms with Crippen molar-refractivity contribution in [2.75, 3.05) is 0 Å². The van der Waals surface area contributed by atoms with Crippen LogP contribution in [0.2, 0.25) is 0 Å². The van der Waals surface area contributed by atoms with Crippen molar-refractivity contribution in [3.05, 3.63) is 63.1 Å². The van der Waals surface area contributed by atoms with Gasteiger partial charge >= 0.3 is 0 Å². The first-order valence-corrected chi connectivity index (χ1v) is 7.63. The van der Waals surface area contributed by atoms with E-state index in [9.17, 15) is 0 Å². The Morgan fingerprint density at radius 2 is 1.95 bits per heavy atom. The van der Waals surface area contributed by atoms with Gasteiger partial charge in [0.15, 0.2) is 0 Å². The first kappa shape index (κ1) is 13.7. The second-order valence-corrected chi connectivity index (χ2v) is 6.35. The number of rotatable bonds is 1. The molecule has 1 heterocycles. The van der Waals surface area contributed by atoms with E-state index in [0.717, 1.165) is 22.2 Å². The second kappa shape index (κ2) is 5.23. The molecule has 2 N–H and O–H groups in total. The zero-order chi connectivity index (χ0) is 14.3. The fourth-order valence-electron chi connectivity index (χ4n) is 2.64. The Morgan fingerprint density at radius 3 is 2.70 bits per heavy atom. The van der Waals surface area contributed by atoms with E-state index in [1.807, 2.05) is 6.07 Å². The number of fused-ring (bicyclic) bond motifs is 1. The van der Waals surface area contributed by atoms with Crippen LogP contribution in [0.3, 0.4) is 0 Å². The largest absolute Gasteiger partial charge is 0.485 e. The van der Waals surface area contributed by atoms with Gasteiger partial charge in [0.1, 0.15) is 11.9 Å². The number of benzene rings is 2. The van der Waals surface area contributed by atoms with Gasteiger partial charge in [0.2, 0.25) is 0 Å². The minimum Gasteiger partial charge on any atom is -0.485 e. The number of hydrogen-bond donors (Lipinski definition) is 1. The molecule has 1 aliphatic rings. The van der Waals surface area contributed by atoms with Crippen molar-refractivity contribution in [3.63, 3.8) is 0 Å². The monoisotopic (exact) mass is 331 g/mol. The molecule has 104 valence electrons. The van der Waals surface area contributed by atoms with Crippen LogP contribution in [-0.2, 0) is 0 Å². The van der Waals surface area contributed by atoms with E-state index < -0.39 is 0 Å². The van der Waals surface area contributed by atoms with Crippen LogP contribution in [0.5, 0.6) is 5.75 Å². The van der Waals surface area contributed by atoms with E-state index in [2.05, 4.69) is 60.1 Å². The van der Waals surface area contributed by atoms with Crippen molar-refractivity contribution in [2.45, 2.75) is 32.4 Å². The number of hydrogen-bond acceptors (Lipinski definition) is 2. The van der Waals surface area contributed by atoms with Gasteiger partial charge in [-0.15, -0.1) is 0 Å². The predicted molar refractivity (Wildman–Crippen MR) is 85.0 cm³/mol. The number of ether oxygens (including phenoxy) is 1. The highest BCUT2D eigenvalue weighted by Crippen LogP contribution is 2.40. The zero-order valence-electron chi connectivity index (χ0n) is 11.7. The molecule has 1 aliphatic heterocycles. The van der Waals surface area contributed by atoms with E-state index in [4.69, 9.17) is 10.5 Å². The Kier molecular flexibility index (Phi) is 3.57. The Bertz CT molecular complexity index is 653. The lowest BCUT2D eigenvalue weighted by Gasteiger charge is -2.31. The number of nitrogens with two attached hydrogens (primary N) is 1. The lowest BCUT2D eigenvalue weighted by Crippen LogP contribution is -2.24. The summed E-state index contributed by atoms with van der Waals surface area (Å²) in [7, 11) is 0. The van der Waals surface area contributed by atoms with Crippen LogP contribution in [0.15, 0.2) is 40.9 Å². The molecule has 0 fully saturated rings. The summed E-state index contributed by atoms with van der Waals surface area (Å²) >= 11 is 3.58. The van der Waals surface area contributed by atoms with Crippen molar-refractivity contribution in [1.29, 1.82) is 0 Å². The van der Waals surface area contributed by atoms with Crippen molar-refractivity contribution >= 4 is 15.9 Å². The van der Waals surface area contributed by atoms with Crippen LogP contribution in [0.25, 0.3) is 0 Å². The van der Waals surface area contributed by atoms with Gasteiger partial charge in [0.05, 0.1) is 0 Å². The quantitative estimate of drug-likeness (QED) is 0.829. The minimum absolute atomic E-state index is 0.0251. The van der Waals surface area contributed by atoms with Crippen molar-refractivity contribution in [1.82, 2.24) is 0 Å². The first-order chi connectivity index (χ1) is 9.54.